The molecule has 0 unspecified atom stereocenters. The summed E-state index contributed by atoms with van der Waals surface area (Å²) in [6.45, 7) is 0.780. The second-order valence-electron chi connectivity index (χ2n) is 7.76. The van der Waals surface area contributed by atoms with Crippen LogP contribution in [0.2, 0.25) is 5.02 Å². The van der Waals surface area contributed by atoms with Gasteiger partial charge >= 0.3 is 16.3 Å². The minimum Gasteiger partial charge on any atom is -0.492 e. The van der Waals surface area contributed by atoms with E-state index in [4.69, 9.17) is 27.2 Å². The summed E-state index contributed by atoms with van der Waals surface area (Å²) in [4.78, 5) is 33.9. The number of nitrogens with one attached hydrogen (secondary N) is 3. The summed E-state index contributed by atoms with van der Waals surface area (Å²) < 4.78 is 46.8. The highest BCUT2D eigenvalue weighted by Crippen LogP contribution is 2.26. The van der Waals surface area contributed by atoms with Crippen LogP contribution in [0.25, 0.3) is 16.9 Å². The highest BCUT2D eigenvalue weighted by Gasteiger charge is 2.15. The first-order valence-corrected chi connectivity index (χ1v) is 13.1. The van der Waals surface area contributed by atoms with Crippen LogP contribution >= 0.6 is 11.6 Å². The summed E-state index contributed by atoms with van der Waals surface area (Å²) >= 11 is 5.91. The zero-order valence-corrected chi connectivity index (χ0v) is 22.5. The fourth-order valence-corrected chi connectivity index (χ4v) is 3.82. The Hall–Kier alpha value is -4.25. The van der Waals surface area contributed by atoms with E-state index < -0.39 is 26.7 Å². The summed E-state index contributed by atoms with van der Waals surface area (Å²) in [6.07, 6.45) is 1.45. The molecular formula is C23H25ClFN7O7S. The number of aromatic nitrogens is 4. The van der Waals surface area contributed by atoms with Crippen molar-refractivity contribution in [2.75, 3.05) is 44.5 Å². The fraction of sp³-hybridized carbons (Fsp3) is 0.217. The number of rotatable bonds is 9. The Balaban J connectivity index is 0.000000810. The molecule has 40 heavy (non-hydrogen) atoms. The number of nitrogen functional groups attached to an aromatic ring is 1. The quantitative estimate of drug-likeness (QED) is 0.140. The van der Waals surface area contributed by atoms with E-state index in [-0.39, 0.29) is 41.9 Å². The van der Waals surface area contributed by atoms with Crippen molar-refractivity contribution in [3.63, 3.8) is 0 Å². The lowest BCUT2D eigenvalue weighted by Gasteiger charge is -2.11. The van der Waals surface area contributed by atoms with Gasteiger partial charge in [0, 0.05) is 12.8 Å². The molecule has 17 heteroatoms. The predicted molar refractivity (Wildman–Crippen MR) is 145 cm³/mol. The van der Waals surface area contributed by atoms with Gasteiger partial charge in [0.25, 0.3) is 5.56 Å². The average Bonchev–Trinajstić information content (AvgIpc) is 3.33. The van der Waals surface area contributed by atoms with Crippen LogP contribution in [0.4, 0.5) is 20.3 Å². The number of benzene rings is 2. The molecule has 0 spiro atoms. The van der Waals surface area contributed by atoms with E-state index in [1.54, 1.807) is 35.9 Å². The fourth-order valence-electron chi connectivity index (χ4n) is 3.16. The Kier molecular flexibility index (Phi) is 10.4. The van der Waals surface area contributed by atoms with Crippen LogP contribution in [0, 0.1) is 0 Å². The van der Waals surface area contributed by atoms with Crippen LogP contribution < -0.4 is 26.7 Å². The first-order chi connectivity index (χ1) is 19.0. The first-order valence-electron chi connectivity index (χ1n) is 11.4. The molecule has 6 N–H and O–H groups in total. The molecule has 0 bridgehead atoms. The van der Waals surface area contributed by atoms with Crippen molar-refractivity contribution in [3.05, 3.63) is 64.2 Å². The molecule has 2 amide bonds. The number of anilines is 2. The molecule has 4 rings (SSSR count). The predicted octanol–water partition coefficient (Wildman–Crippen LogP) is 1.83. The van der Waals surface area contributed by atoms with Gasteiger partial charge in [-0.25, -0.2) is 9.78 Å². The summed E-state index contributed by atoms with van der Waals surface area (Å²) in [5.41, 5.74) is 6.24. The molecule has 0 aliphatic heterocycles. The van der Waals surface area contributed by atoms with E-state index in [9.17, 15) is 21.9 Å². The normalized spacial score (nSPS) is 11.0. The lowest BCUT2D eigenvalue weighted by molar-refractivity contribution is 0.135. The van der Waals surface area contributed by atoms with Gasteiger partial charge in [0.15, 0.2) is 11.2 Å². The number of methoxy groups -OCH3 is 1. The third kappa shape index (κ3) is 8.12. The highest BCUT2D eigenvalue weighted by atomic mass is 35.5. The summed E-state index contributed by atoms with van der Waals surface area (Å²) in [7, 11) is -3.39. The van der Waals surface area contributed by atoms with Crippen LogP contribution in [0.15, 0.2) is 58.5 Å². The number of hydrogen-bond donors (Lipinski definition) is 5. The van der Waals surface area contributed by atoms with E-state index in [0.29, 0.717) is 23.7 Å². The molecular weight excluding hydrogens is 573 g/mol. The number of halogens is 2. The molecule has 4 aromatic rings. The molecule has 0 aliphatic carbocycles. The van der Waals surface area contributed by atoms with Gasteiger partial charge in [-0.2, -0.15) is 13.4 Å². The number of carbonyl (C=O) groups is 1. The Morgan fingerprint density at radius 1 is 1.23 bits per heavy atom. The van der Waals surface area contributed by atoms with E-state index >= 15 is 0 Å². The first kappa shape index (κ1) is 30.3. The number of hydrogen-bond acceptors (Lipinski definition) is 10. The summed E-state index contributed by atoms with van der Waals surface area (Å²) in [5.74, 6) is 0.484. The zero-order valence-electron chi connectivity index (χ0n) is 20.9. The zero-order chi connectivity index (χ0) is 29.3. The molecule has 0 atom stereocenters. The minimum atomic E-state index is -4.94. The maximum absolute atomic E-state index is 13.1. The molecule has 0 saturated heterocycles. The van der Waals surface area contributed by atoms with Gasteiger partial charge in [-0.1, -0.05) is 11.6 Å². The standard InChI is InChI=1S/C20H17ClFN7O5S.C3H8O2/c21-14-6-5-13(35(22,32)33)9-15(14)26-20(31)24-7-8-34-12-3-1-11(2-4-12)29-10-25-16-17(29)27-19(23)28-18(16)30;1-5-3-2-4/h1-6,9-10H,7-8H2,(H2,24,26,31)(H3,23,27,28,30);4H,2-3H2,1H3. The van der Waals surface area contributed by atoms with Crippen molar-refractivity contribution in [1.82, 2.24) is 24.8 Å². The number of aliphatic hydroxyl groups is 1. The molecule has 2 aromatic heterocycles. The number of ether oxygens (including phenoxy) is 2. The van der Waals surface area contributed by atoms with Gasteiger partial charge in [0.2, 0.25) is 5.95 Å². The van der Waals surface area contributed by atoms with Gasteiger partial charge < -0.3 is 30.9 Å². The molecule has 2 aromatic carbocycles. The van der Waals surface area contributed by atoms with Crippen molar-refractivity contribution in [2.24, 2.45) is 0 Å². The number of fused-ring (bicyclic) bond motifs is 1. The molecule has 0 fully saturated rings. The van der Waals surface area contributed by atoms with Crippen molar-refractivity contribution in [3.8, 4) is 11.4 Å². The van der Waals surface area contributed by atoms with Crippen LogP contribution in [0.5, 0.6) is 5.75 Å². The van der Waals surface area contributed by atoms with Gasteiger partial charge in [0.1, 0.15) is 23.6 Å². The highest BCUT2D eigenvalue weighted by molar-refractivity contribution is 7.86. The second kappa shape index (κ2) is 13.7. The molecule has 214 valence electrons. The minimum absolute atomic E-state index is 0.0248. The smallest absolute Gasteiger partial charge is 0.332 e. The Labute approximate surface area is 232 Å². The Morgan fingerprint density at radius 2 is 1.95 bits per heavy atom. The SMILES string of the molecule is COCCO.Nc1nc2c(ncn2-c2ccc(OCCNC(=O)Nc3cc(S(=O)(=O)F)ccc3Cl)cc2)c(=O)[nH]1. The molecule has 2 heterocycles. The molecule has 0 radical (unpaired) electrons. The Bertz CT molecular complexity index is 1630. The number of nitrogens with zero attached hydrogens (tertiary/aromatic N) is 3. The topological polar surface area (TPSA) is 204 Å². The molecule has 14 nitrogen and oxygen atoms in total. The third-order valence-corrected chi connectivity index (χ3v) is 6.11. The second-order valence-corrected chi connectivity index (χ2v) is 9.51. The van der Waals surface area contributed by atoms with E-state index in [1.165, 1.54) is 6.33 Å². The van der Waals surface area contributed by atoms with Crippen LogP contribution in [-0.2, 0) is 15.0 Å². The lowest BCUT2D eigenvalue weighted by atomic mass is 10.3. The monoisotopic (exact) mass is 597 g/mol. The van der Waals surface area contributed by atoms with Crippen LogP contribution in [-0.4, -0.2) is 72.5 Å². The van der Waals surface area contributed by atoms with Crippen LogP contribution in [0.3, 0.4) is 0 Å². The van der Waals surface area contributed by atoms with Crippen LogP contribution in [0.1, 0.15) is 0 Å². The van der Waals surface area contributed by atoms with Gasteiger partial charge in [-0.05, 0) is 42.5 Å². The molecule has 0 saturated carbocycles. The van der Waals surface area contributed by atoms with Crippen molar-refractivity contribution in [2.45, 2.75) is 4.90 Å². The largest absolute Gasteiger partial charge is 0.492 e. The number of aliphatic hydroxyl groups excluding tert-OH is 1. The maximum atomic E-state index is 13.1. The van der Waals surface area contributed by atoms with Gasteiger partial charge in [-0.3, -0.25) is 14.3 Å². The van der Waals surface area contributed by atoms with E-state index in [1.807, 2.05) is 0 Å². The third-order valence-electron chi connectivity index (χ3n) is 4.96. The van der Waals surface area contributed by atoms with Crippen molar-refractivity contribution >= 4 is 50.7 Å². The van der Waals surface area contributed by atoms with Crippen molar-refractivity contribution in [1.29, 1.82) is 0 Å². The number of amides is 2. The Morgan fingerprint density at radius 3 is 2.58 bits per heavy atom. The number of urea groups is 1. The van der Waals surface area contributed by atoms with E-state index in [0.717, 1.165) is 18.2 Å². The van der Waals surface area contributed by atoms with E-state index in [2.05, 4.69) is 30.3 Å². The number of H-pyrrole nitrogens is 1. The van der Waals surface area contributed by atoms with Gasteiger partial charge in [-0.15, -0.1) is 3.89 Å². The summed E-state index contributed by atoms with van der Waals surface area (Å²) in [5, 5.41) is 12.8. The number of carbonyl (C=O) groups excluding carboxylic acids is 1. The number of nitrogens with two attached hydrogens (primary N) is 1. The summed E-state index contributed by atoms with van der Waals surface area (Å²) in [6, 6.07) is 9.19. The lowest BCUT2D eigenvalue weighted by Crippen LogP contribution is -2.32. The number of imidazole rings is 1. The van der Waals surface area contributed by atoms with Gasteiger partial charge in [0.05, 0.1) is 30.5 Å². The average molecular weight is 598 g/mol. The number of aromatic amines is 1. The molecule has 0 aliphatic rings. The maximum Gasteiger partial charge on any atom is 0.332 e. The van der Waals surface area contributed by atoms with Crippen molar-refractivity contribution < 1.29 is 31.7 Å².